The molecule has 1 aromatic carbocycles. The number of hydrogen-bond donors (Lipinski definition) is 3. The van der Waals surface area contributed by atoms with E-state index >= 15 is 0 Å². The molecule has 1 aliphatic heterocycles. The number of carbonyl (C=O) groups excluding carboxylic acids is 1. The van der Waals surface area contributed by atoms with Crippen molar-refractivity contribution in [2.45, 2.75) is 31.4 Å². The van der Waals surface area contributed by atoms with E-state index in [0.717, 1.165) is 5.56 Å². The molecule has 4 N–H and O–H groups in total. The monoisotopic (exact) mass is 278 g/mol. The lowest BCUT2D eigenvalue weighted by Crippen LogP contribution is -2.40. The van der Waals surface area contributed by atoms with E-state index in [9.17, 15) is 14.7 Å². The van der Waals surface area contributed by atoms with Crippen LogP contribution in [0.5, 0.6) is 0 Å². The summed E-state index contributed by atoms with van der Waals surface area (Å²) in [5, 5.41) is 18.6. The molecule has 2 atom stereocenters. The number of likely N-dealkylation sites (tertiary alicyclic amines) is 1. The number of aliphatic hydroxyl groups is 1. The Hall–Kier alpha value is -2.08. The van der Waals surface area contributed by atoms with E-state index in [-0.39, 0.29) is 25.3 Å². The molecule has 0 aromatic heterocycles. The first-order chi connectivity index (χ1) is 9.49. The van der Waals surface area contributed by atoms with Crippen LogP contribution in [0.3, 0.4) is 0 Å². The number of nitrogens with two attached hydrogens (primary N) is 1. The number of rotatable bonds is 4. The smallest absolute Gasteiger partial charge is 0.326 e. The third kappa shape index (κ3) is 3.08. The largest absolute Gasteiger partial charge is 0.480 e. The molecule has 1 aromatic rings. The van der Waals surface area contributed by atoms with E-state index in [0.29, 0.717) is 12.1 Å². The van der Waals surface area contributed by atoms with Crippen LogP contribution in [0.4, 0.5) is 5.69 Å². The number of para-hydroxylation sites is 1. The molecule has 20 heavy (non-hydrogen) atoms. The first-order valence-electron chi connectivity index (χ1n) is 6.52. The number of amides is 1. The fourth-order valence-electron chi connectivity index (χ4n) is 2.47. The van der Waals surface area contributed by atoms with Crippen molar-refractivity contribution in [1.29, 1.82) is 0 Å². The van der Waals surface area contributed by atoms with Gasteiger partial charge in [0.05, 0.1) is 6.10 Å². The summed E-state index contributed by atoms with van der Waals surface area (Å²) in [5.41, 5.74) is 7.29. The minimum absolute atomic E-state index is 0.0834. The molecule has 1 heterocycles. The Labute approximate surface area is 116 Å². The number of aliphatic carboxylic acids is 1. The molecule has 0 aliphatic carbocycles. The van der Waals surface area contributed by atoms with Gasteiger partial charge >= 0.3 is 5.97 Å². The van der Waals surface area contributed by atoms with Gasteiger partial charge in [0.15, 0.2) is 0 Å². The van der Waals surface area contributed by atoms with Crippen LogP contribution in [-0.2, 0) is 16.0 Å². The van der Waals surface area contributed by atoms with Crippen molar-refractivity contribution in [1.82, 2.24) is 4.90 Å². The average molecular weight is 278 g/mol. The van der Waals surface area contributed by atoms with Gasteiger partial charge in [-0.3, -0.25) is 4.79 Å². The molecule has 0 bridgehead atoms. The number of aryl methyl sites for hydroxylation is 1. The molecule has 1 amide bonds. The van der Waals surface area contributed by atoms with Crippen molar-refractivity contribution < 1.29 is 19.8 Å². The number of benzene rings is 1. The van der Waals surface area contributed by atoms with Crippen LogP contribution in [0.1, 0.15) is 18.4 Å². The van der Waals surface area contributed by atoms with E-state index in [1.807, 2.05) is 18.2 Å². The summed E-state index contributed by atoms with van der Waals surface area (Å²) in [5.74, 6) is -1.34. The number of nitrogens with zero attached hydrogens (tertiary/aromatic N) is 1. The van der Waals surface area contributed by atoms with Gasteiger partial charge in [-0.2, -0.15) is 0 Å². The van der Waals surface area contributed by atoms with Gasteiger partial charge in [0.1, 0.15) is 6.04 Å². The lowest BCUT2D eigenvalue weighted by atomic mass is 10.1. The van der Waals surface area contributed by atoms with Gasteiger partial charge in [0, 0.05) is 25.1 Å². The topological polar surface area (TPSA) is 104 Å². The number of anilines is 1. The van der Waals surface area contributed by atoms with Crippen molar-refractivity contribution >= 4 is 17.6 Å². The van der Waals surface area contributed by atoms with E-state index in [2.05, 4.69) is 0 Å². The van der Waals surface area contributed by atoms with Crippen molar-refractivity contribution in [3.63, 3.8) is 0 Å². The van der Waals surface area contributed by atoms with Crippen molar-refractivity contribution in [2.24, 2.45) is 0 Å². The molecule has 2 rings (SSSR count). The van der Waals surface area contributed by atoms with Crippen LogP contribution < -0.4 is 5.73 Å². The quantitative estimate of drug-likeness (QED) is 0.685. The zero-order valence-corrected chi connectivity index (χ0v) is 11.0. The van der Waals surface area contributed by atoms with Crippen LogP contribution in [0.15, 0.2) is 24.3 Å². The molecule has 1 saturated heterocycles. The second kappa shape index (κ2) is 5.92. The first kappa shape index (κ1) is 14.3. The minimum Gasteiger partial charge on any atom is -0.480 e. The van der Waals surface area contributed by atoms with Crippen LogP contribution in [0.25, 0.3) is 0 Å². The Balaban J connectivity index is 1.98. The molecule has 0 saturated carbocycles. The third-order valence-electron chi connectivity index (χ3n) is 3.55. The summed E-state index contributed by atoms with van der Waals surface area (Å²) >= 11 is 0. The maximum absolute atomic E-state index is 12.1. The number of β-amino-alcohol motifs (C(OH)–C–C–N with tert-alkyl or cyclic N) is 1. The fraction of sp³-hybridized carbons (Fsp3) is 0.429. The Bertz CT molecular complexity index is 518. The molecular formula is C14H18N2O4. The molecular weight excluding hydrogens is 260 g/mol. The van der Waals surface area contributed by atoms with Crippen LogP contribution in [-0.4, -0.2) is 45.7 Å². The number of hydrogen-bond acceptors (Lipinski definition) is 4. The highest BCUT2D eigenvalue weighted by molar-refractivity contribution is 5.84. The van der Waals surface area contributed by atoms with E-state index < -0.39 is 18.1 Å². The molecule has 0 radical (unpaired) electrons. The second-order valence-corrected chi connectivity index (χ2v) is 4.99. The summed E-state index contributed by atoms with van der Waals surface area (Å²) in [6.07, 6.45) is -0.0224. The number of carbonyl (C=O) groups is 2. The zero-order chi connectivity index (χ0) is 14.7. The molecule has 108 valence electrons. The van der Waals surface area contributed by atoms with Gasteiger partial charge in [-0.15, -0.1) is 0 Å². The molecule has 0 spiro atoms. The SMILES string of the molecule is Nc1ccccc1CCC(=O)N1CC(O)CC1C(=O)O. The maximum Gasteiger partial charge on any atom is 0.326 e. The normalized spacial score (nSPS) is 21.9. The van der Waals surface area contributed by atoms with Crippen molar-refractivity contribution in [2.75, 3.05) is 12.3 Å². The fourth-order valence-corrected chi connectivity index (χ4v) is 2.47. The van der Waals surface area contributed by atoms with Gasteiger partial charge in [-0.1, -0.05) is 18.2 Å². The molecule has 6 heteroatoms. The van der Waals surface area contributed by atoms with Gasteiger partial charge < -0.3 is 20.8 Å². The molecule has 2 unspecified atom stereocenters. The van der Waals surface area contributed by atoms with Crippen molar-refractivity contribution in [3.05, 3.63) is 29.8 Å². The molecule has 6 nitrogen and oxygen atoms in total. The standard InChI is InChI=1S/C14H18N2O4/c15-11-4-2-1-3-9(11)5-6-13(18)16-8-10(17)7-12(16)14(19)20/h1-4,10,12,17H,5-8,15H2,(H,19,20). The minimum atomic E-state index is -1.07. The van der Waals surface area contributed by atoms with Crippen LogP contribution in [0.2, 0.25) is 0 Å². The van der Waals surface area contributed by atoms with E-state index in [1.165, 1.54) is 4.90 Å². The Morgan fingerprint density at radius 1 is 1.35 bits per heavy atom. The Kier molecular flexibility index (Phi) is 4.24. The Morgan fingerprint density at radius 3 is 2.70 bits per heavy atom. The number of carboxylic acids is 1. The third-order valence-corrected chi connectivity index (χ3v) is 3.55. The molecule has 1 fully saturated rings. The number of carboxylic acid groups (broad SMARTS) is 1. The highest BCUT2D eigenvalue weighted by Crippen LogP contribution is 2.20. The zero-order valence-electron chi connectivity index (χ0n) is 11.0. The lowest BCUT2D eigenvalue weighted by molar-refractivity contribution is -0.148. The predicted octanol–water partition coefficient (Wildman–Crippen LogP) is 0.248. The highest BCUT2D eigenvalue weighted by Gasteiger charge is 2.38. The number of aliphatic hydroxyl groups excluding tert-OH is 1. The van der Waals surface area contributed by atoms with Gasteiger partial charge in [0.2, 0.25) is 5.91 Å². The van der Waals surface area contributed by atoms with Crippen molar-refractivity contribution in [3.8, 4) is 0 Å². The Morgan fingerprint density at radius 2 is 2.05 bits per heavy atom. The van der Waals surface area contributed by atoms with Crippen LogP contribution in [0, 0.1) is 0 Å². The first-order valence-corrected chi connectivity index (χ1v) is 6.52. The van der Waals surface area contributed by atoms with E-state index in [4.69, 9.17) is 10.8 Å². The summed E-state index contributed by atoms with van der Waals surface area (Å²) in [4.78, 5) is 24.4. The summed E-state index contributed by atoms with van der Waals surface area (Å²) < 4.78 is 0. The summed E-state index contributed by atoms with van der Waals surface area (Å²) in [6, 6.07) is 6.34. The highest BCUT2D eigenvalue weighted by atomic mass is 16.4. The van der Waals surface area contributed by atoms with Gasteiger partial charge in [-0.25, -0.2) is 4.79 Å². The van der Waals surface area contributed by atoms with Gasteiger partial charge in [-0.05, 0) is 18.1 Å². The predicted molar refractivity (Wildman–Crippen MR) is 72.9 cm³/mol. The van der Waals surface area contributed by atoms with Crippen LogP contribution >= 0.6 is 0 Å². The summed E-state index contributed by atoms with van der Waals surface area (Å²) in [7, 11) is 0. The average Bonchev–Trinajstić information content (AvgIpc) is 2.80. The second-order valence-electron chi connectivity index (χ2n) is 4.99. The summed E-state index contributed by atoms with van der Waals surface area (Å²) in [6.45, 7) is 0.0834. The lowest BCUT2D eigenvalue weighted by Gasteiger charge is -2.21. The maximum atomic E-state index is 12.1. The molecule has 1 aliphatic rings. The van der Waals surface area contributed by atoms with E-state index in [1.54, 1.807) is 6.07 Å². The van der Waals surface area contributed by atoms with Gasteiger partial charge in [0.25, 0.3) is 0 Å². The number of nitrogen functional groups attached to an aromatic ring is 1.